The molecule has 2 aromatic carbocycles. The Hall–Kier alpha value is -4.85. The highest BCUT2D eigenvalue weighted by atomic mass is 16.2. The monoisotopic (exact) mass is 572 g/mol. The van der Waals surface area contributed by atoms with Crippen LogP contribution in [0.25, 0.3) is 21.9 Å². The zero-order chi connectivity index (χ0) is 29.8. The zero-order valence-corrected chi connectivity index (χ0v) is 23.9. The van der Waals surface area contributed by atoms with Gasteiger partial charge >= 0.3 is 11.8 Å². The molecule has 216 valence electrons. The molecule has 0 radical (unpaired) electrons. The Bertz CT molecular complexity index is 1810. The molecule has 0 spiro atoms. The molecule has 4 heterocycles. The molecule has 5 N–H and O–H groups in total. The average molecular weight is 573 g/mol. The summed E-state index contributed by atoms with van der Waals surface area (Å²) in [4.78, 5) is 36.9. The number of aromatic nitrogens is 2. The largest absolute Gasteiger partial charge is 0.398 e. The maximum Gasteiger partial charge on any atom is 0.314 e. The number of hydrogen-bond acceptors (Lipinski definition) is 8. The molecule has 1 saturated carbocycles. The molecule has 3 aliphatic rings. The van der Waals surface area contributed by atoms with Crippen molar-refractivity contribution < 1.29 is 9.59 Å². The van der Waals surface area contributed by atoms with Gasteiger partial charge in [0.2, 0.25) is 0 Å². The van der Waals surface area contributed by atoms with Crippen LogP contribution in [0, 0.1) is 18.3 Å². The van der Waals surface area contributed by atoms with Crippen molar-refractivity contribution in [3.63, 3.8) is 0 Å². The van der Waals surface area contributed by atoms with Crippen LogP contribution in [0.4, 0.5) is 11.5 Å². The lowest BCUT2D eigenvalue weighted by Gasteiger charge is -2.30. The van der Waals surface area contributed by atoms with Crippen LogP contribution in [0.15, 0.2) is 67.1 Å². The van der Waals surface area contributed by atoms with Crippen LogP contribution in [0.2, 0.25) is 0 Å². The summed E-state index contributed by atoms with van der Waals surface area (Å²) in [5.41, 5.74) is 11.0. The molecule has 3 fully saturated rings. The van der Waals surface area contributed by atoms with Crippen molar-refractivity contribution in [1.82, 2.24) is 25.5 Å². The summed E-state index contributed by atoms with van der Waals surface area (Å²) >= 11 is 0. The maximum atomic E-state index is 13.1. The summed E-state index contributed by atoms with van der Waals surface area (Å²) in [5, 5.41) is 20.3. The van der Waals surface area contributed by atoms with Gasteiger partial charge in [0, 0.05) is 66.4 Å². The topological polar surface area (TPSA) is 159 Å². The number of benzene rings is 2. The summed E-state index contributed by atoms with van der Waals surface area (Å²) in [6.45, 7) is 4.04. The highest BCUT2D eigenvalue weighted by Gasteiger charge is 2.55. The summed E-state index contributed by atoms with van der Waals surface area (Å²) in [5.74, 6) is -1.53. The van der Waals surface area contributed by atoms with Crippen LogP contribution >= 0.6 is 0 Å². The van der Waals surface area contributed by atoms with Crippen LogP contribution in [-0.4, -0.2) is 51.9 Å². The number of nitrogen functional groups attached to an aromatic ring is 1. The Morgan fingerprint density at radius 1 is 1.09 bits per heavy atom. The summed E-state index contributed by atoms with van der Waals surface area (Å²) in [7, 11) is 0. The SMILES string of the molecule is Cc1ccncc1-c1cc(N)c2cnc(NC(=O)C(=O)NC3(C#N)CCN(C4(c5ccc(C6CN6)cc5)CC4)C3)cc2c1. The Morgan fingerprint density at radius 2 is 1.88 bits per heavy atom. The average Bonchev–Trinajstić information content (AvgIpc) is 3.95. The molecule has 10 nitrogen and oxygen atoms in total. The fourth-order valence-electron chi connectivity index (χ4n) is 6.35. The molecule has 10 heteroatoms. The quantitative estimate of drug-likeness (QED) is 0.155. The second-order valence-corrected chi connectivity index (χ2v) is 11.9. The normalized spacial score (nSPS) is 22.1. The summed E-state index contributed by atoms with van der Waals surface area (Å²) in [6, 6.07) is 18.9. The van der Waals surface area contributed by atoms with Gasteiger partial charge in [-0.25, -0.2) is 4.98 Å². The van der Waals surface area contributed by atoms with Crippen molar-refractivity contribution in [2.45, 2.75) is 43.3 Å². The first-order chi connectivity index (χ1) is 20.8. The van der Waals surface area contributed by atoms with Gasteiger partial charge in [0.15, 0.2) is 0 Å². The maximum absolute atomic E-state index is 13.1. The Balaban J connectivity index is 1.04. The number of fused-ring (bicyclic) bond motifs is 1. The third kappa shape index (κ3) is 4.96. The second-order valence-electron chi connectivity index (χ2n) is 11.9. The van der Waals surface area contributed by atoms with Gasteiger partial charge in [-0.2, -0.15) is 5.26 Å². The van der Waals surface area contributed by atoms with Crippen LogP contribution < -0.4 is 21.7 Å². The molecule has 7 rings (SSSR count). The number of amides is 2. The first kappa shape index (κ1) is 27.0. The van der Waals surface area contributed by atoms with E-state index in [1.807, 2.05) is 25.1 Å². The Morgan fingerprint density at radius 3 is 2.58 bits per heavy atom. The van der Waals surface area contributed by atoms with Gasteiger partial charge in [-0.1, -0.05) is 24.3 Å². The minimum atomic E-state index is -1.15. The minimum absolute atomic E-state index is 0.120. The van der Waals surface area contributed by atoms with Gasteiger partial charge in [-0.3, -0.25) is 19.5 Å². The van der Waals surface area contributed by atoms with Gasteiger partial charge in [0.1, 0.15) is 11.4 Å². The van der Waals surface area contributed by atoms with E-state index in [2.05, 4.69) is 61.2 Å². The van der Waals surface area contributed by atoms with Crippen LogP contribution in [-0.2, 0) is 15.1 Å². The molecule has 0 bridgehead atoms. The van der Waals surface area contributed by atoms with E-state index in [1.165, 1.54) is 11.1 Å². The lowest BCUT2D eigenvalue weighted by molar-refractivity contribution is -0.137. The van der Waals surface area contributed by atoms with Gasteiger partial charge in [0.05, 0.1) is 6.07 Å². The fraction of sp³-hybridized carbons (Fsp3) is 0.303. The van der Waals surface area contributed by atoms with Gasteiger partial charge in [-0.05, 0) is 78.1 Å². The Labute approximate surface area is 249 Å². The number of aryl methyl sites for hydroxylation is 1. The van der Waals surface area contributed by atoms with E-state index in [0.717, 1.165) is 46.8 Å². The smallest absolute Gasteiger partial charge is 0.314 e. The minimum Gasteiger partial charge on any atom is -0.398 e. The van der Waals surface area contributed by atoms with Gasteiger partial charge in [0.25, 0.3) is 0 Å². The first-order valence-corrected chi connectivity index (χ1v) is 14.5. The number of nitriles is 1. The highest BCUT2D eigenvalue weighted by Crippen LogP contribution is 2.53. The van der Waals surface area contributed by atoms with E-state index in [0.29, 0.717) is 31.2 Å². The number of nitrogens with two attached hydrogens (primary N) is 1. The zero-order valence-electron chi connectivity index (χ0n) is 23.9. The van der Waals surface area contributed by atoms with Crippen molar-refractivity contribution in [3.8, 4) is 17.2 Å². The molecular formula is C33H32N8O2. The summed E-state index contributed by atoms with van der Waals surface area (Å²) < 4.78 is 0. The first-order valence-electron chi connectivity index (χ1n) is 14.5. The van der Waals surface area contributed by atoms with Crippen molar-refractivity contribution in [1.29, 1.82) is 5.26 Å². The molecule has 43 heavy (non-hydrogen) atoms. The predicted molar refractivity (Wildman–Crippen MR) is 164 cm³/mol. The number of hydrogen-bond donors (Lipinski definition) is 4. The highest BCUT2D eigenvalue weighted by molar-refractivity contribution is 6.39. The van der Waals surface area contributed by atoms with Crippen molar-refractivity contribution in [2.75, 3.05) is 30.7 Å². The van der Waals surface area contributed by atoms with Crippen molar-refractivity contribution in [3.05, 3.63) is 83.8 Å². The molecule has 4 aromatic rings. The molecule has 2 amide bonds. The summed E-state index contributed by atoms with van der Waals surface area (Å²) in [6.07, 6.45) is 7.55. The Kier molecular flexibility index (Phi) is 6.38. The molecule has 2 aromatic heterocycles. The van der Waals surface area contributed by atoms with E-state index in [9.17, 15) is 14.9 Å². The van der Waals surface area contributed by atoms with E-state index in [1.54, 1.807) is 24.7 Å². The van der Waals surface area contributed by atoms with E-state index in [-0.39, 0.29) is 11.4 Å². The van der Waals surface area contributed by atoms with Crippen molar-refractivity contribution >= 4 is 34.1 Å². The third-order valence-corrected chi connectivity index (χ3v) is 9.09. The number of carbonyl (C=O) groups excluding carboxylic acids is 2. The van der Waals surface area contributed by atoms with Crippen LogP contribution in [0.5, 0.6) is 0 Å². The molecule has 2 saturated heterocycles. The number of rotatable bonds is 6. The number of nitrogens with one attached hydrogen (secondary N) is 3. The fourth-order valence-corrected chi connectivity index (χ4v) is 6.35. The molecular weight excluding hydrogens is 540 g/mol. The predicted octanol–water partition coefficient (Wildman–Crippen LogP) is 3.54. The van der Waals surface area contributed by atoms with Crippen LogP contribution in [0.3, 0.4) is 0 Å². The molecule has 2 aliphatic heterocycles. The number of pyridine rings is 2. The van der Waals surface area contributed by atoms with Crippen LogP contribution in [0.1, 0.15) is 42.0 Å². The number of anilines is 2. The molecule has 2 unspecified atom stereocenters. The molecule has 1 aliphatic carbocycles. The van der Waals surface area contributed by atoms with Gasteiger partial charge < -0.3 is 21.7 Å². The van der Waals surface area contributed by atoms with E-state index < -0.39 is 17.4 Å². The standard InChI is InChI=1S/C33H32N8O2/c1-20-6-10-36-15-25(20)22-12-23-14-29(38-16-26(23)27(35)13-22)39-30(42)31(43)40-32(18-34)9-11-41(19-32)33(7-8-33)24-4-2-21(3-5-24)28-17-37-28/h2-6,10,12-16,28,37H,7-9,11,17,19,35H2,1H3,(H,40,43)(H,38,39,42). The lowest BCUT2D eigenvalue weighted by atomic mass is 9.99. The second kappa shape index (κ2) is 10.2. The van der Waals surface area contributed by atoms with E-state index >= 15 is 0 Å². The third-order valence-electron chi connectivity index (χ3n) is 9.09. The van der Waals surface area contributed by atoms with Crippen molar-refractivity contribution in [2.24, 2.45) is 0 Å². The lowest BCUT2D eigenvalue weighted by Crippen LogP contribution is -2.53. The number of carbonyl (C=O) groups is 2. The van der Waals surface area contributed by atoms with E-state index in [4.69, 9.17) is 5.73 Å². The molecule has 2 atom stereocenters. The van der Waals surface area contributed by atoms with Gasteiger partial charge in [-0.15, -0.1) is 0 Å². The number of likely N-dealkylation sites (tertiary alicyclic amines) is 1. The number of nitrogens with zero attached hydrogens (tertiary/aromatic N) is 4.